The molecule has 1 aromatic carbocycles. The first-order chi connectivity index (χ1) is 11.3. The number of rotatable bonds is 15. The molecule has 0 unspecified atom stereocenters. The van der Waals surface area contributed by atoms with E-state index in [1.165, 1.54) is 95.5 Å². The van der Waals surface area contributed by atoms with Gasteiger partial charge in [-0.15, -0.1) is 0 Å². The molecule has 0 aliphatic heterocycles. The summed E-state index contributed by atoms with van der Waals surface area (Å²) >= 11 is 0. The zero-order chi connectivity index (χ0) is 16.6. The van der Waals surface area contributed by atoms with Gasteiger partial charge < -0.3 is 0 Å². The summed E-state index contributed by atoms with van der Waals surface area (Å²) in [5.41, 5.74) is 1.31. The summed E-state index contributed by atoms with van der Waals surface area (Å²) in [7, 11) is 0. The van der Waals surface area contributed by atoms with Crippen molar-refractivity contribution in [2.24, 2.45) is 0 Å². The highest BCUT2D eigenvalue weighted by atomic mass is 16.3. The molecular weight excluding hydrogens is 280 g/mol. The number of hydrogen-bond donors (Lipinski definition) is 0. The normalized spacial score (nSPS) is 11.0. The van der Waals surface area contributed by atoms with Crippen LogP contribution < -0.4 is 0 Å². The molecule has 1 nitrogen and oxygen atoms in total. The summed E-state index contributed by atoms with van der Waals surface area (Å²) < 4.78 is 0. The number of aryl methyl sites for hydroxylation is 1. The van der Waals surface area contributed by atoms with E-state index in [4.69, 9.17) is 0 Å². The van der Waals surface area contributed by atoms with Crippen molar-refractivity contribution >= 4 is 0 Å². The fraction of sp³-hybridized carbons (Fsp3) is 0.727. The molecule has 23 heavy (non-hydrogen) atoms. The standard InChI is InChI=1S/C22H37O/c1-2-3-4-5-6-7-8-9-10-11-12-13-14-15-16-21-17-19-22(23)20-18-21/h17-20H,2-16H2,1H3. The van der Waals surface area contributed by atoms with Crippen LogP contribution in [0.15, 0.2) is 24.3 Å². The lowest BCUT2D eigenvalue weighted by Gasteiger charge is -2.04. The molecule has 0 saturated carbocycles. The van der Waals surface area contributed by atoms with E-state index < -0.39 is 0 Å². The maximum Gasteiger partial charge on any atom is 0.178 e. The van der Waals surface area contributed by atoms with E-state index in [1.54, 1.807) is 12.1 Å². The quantitative estimate of drug-likeness (QED) is 0.293. The molecule has 1 heteroatoms. The molecule has 0 aliphatic rings. The fourth-order valence-corrected chi connectivity index (χ4v) is 3.18. The van der Waals surface area contributed by atoms with Gasteiger partial charge in [-0.2, -0.15) is 0 Å². The van der Waals surface area contributed by atoms with Crippen LogP contribution in [0.4, 0.5) is 0 Å². The van der Waals surface area contributed by atoms with Crippen molar-refractivity contribution in [3.63, 3.8) is 0 Å². The van der Waals surface area contributed by atoms with E-state index >= 15 is 0 Å². The molecule has 0 aromatic heterocycles. The van der Waals surface area contributed by atoms with E-state index in [0.29, 0.717) is 0 Å². The van der Waals surface area contributed by atoms with Crippen LogP contribution in [0.2, 0.25) is 0 Å². The van der Waals surface area contributed by atoms with Crippen molar-refractivity contribution < 1.29 is 5.11 Å². The zero-order valence-electron chi connectivity index (χ0n) is 15.3. The number of unbranched alkanes of at least 4 members (excludes halogenated alkanes) is 13. The fourth-order valence-electron chi connectivity index (χ4n) is 3.18. The van der Waals surface area contributed by atoms with Gasteiger partial charge in [-0.3, -0.25) is 5.11 Å². The van der Waals surface area contributed by atoms with Crippen molar-refractivity contribution in [2.75, 3.05) is 0 Å². The number of benzene rings is 1. The third kappa shape index (κ3) is 12.1. The molecule has 0 heterocycles. The van der Waals surface area contributed by atoms with Crippen LogP contribution in [0, 0.1) is 0 Å². The van der Waals surface area contributed by atoms with Crippen molar-refractivity contribution in [2.45, 2.75) is 103 Å². The third-order valence-electron chi connectivity index (χ3n) is 4.74. The van der Waals surface area contributed by atoms with Crippen LogP contribution in [-0.2, 0) is 11.5 Å². The van der Waals surface area contributed by atoms with Crippen LogP contribution in [-0.4, -0.2) is 0 Å². The van der Waals surface area contributed by atoms with Gasteiger partial charge in [0.15, 0.2) is 5.75 Å². The highest BCUT2D eigenvalue weighted by Crippen LogP contribution is 2.15. The van der Waals surface area contributed by atoms with E-state index in [9.17, 15) is 5.11 Å². The first-order valence-electron chi connectivity index (χ1n) is 10.1. The van der Waals surface area contributed by atoms with Gasteiger partial charge in [0.25, 0.3) is 0 Å². The van der Waals surface area contributed by atoms with Crippen molar-refractivity contribution in [3.8, 4) is 5.75 Å². The van der Waals surface area contributed by atoms with E-state index in [0.717, 1.165) is 6.42 Å². The summed E-state index contributed by atoms with van der Waals surface area (Å²) in [6, 6.07) is 7.31. The van der Waals surface area contributed by atoms with Crippen LogP contribution in [0.1, 0.15) is 102 Å². The van der Waals surface area contributed by atoms with Crippen LogP contribution in [0.5, 0.6) is 5.75 Å². The van der Waals surface area contributed by atoms with Gasteiger partial charge in [0, 0.05) is 0 Å². The largest absolute Gasteiger partial charge is 0.290 e. The molecule has 1 aromatic rings. The summed E-state index contributed by atoms with van der Waals surface area (Å²) in [6.07, 6.45) is 20.8. The highest BCUT2D eigenvalue weighted by Gasteiger charge is 1.96. The second-order valence-electron chi connectivity index (χ2n) is 6.99. The summed E-state index contributed by atoms with van der Waals surface area (Å²) in [4.78, 5) is 0. The van der Waals surface area contributed by atoms with Crippen molar-refractivity contribution in [1.29, 1.82) is 0 Å². The minimum atomic E-state index is 0.120. The summed E-state index contributed by atoms with van der Waals surface area (Å²) in [5.74, 6) is 0.120. The Balaban J connectivity index is 1.77. The van der Waals surface area contributed by atoms with Crippen LogP contribution in [0.25, 0.3) is 0 Å². The van der Waals surface area contributed by atoms with Gasteiger partial charge in [-0.1, -0.05) is 103 Å². The second-order valence-corrected chi connectivity index (χ2v) is 6.99. The second kappa shape index (κ2) is 14.6. The molecule has 0 N–H and O–H groups in total. The molecule has 131 valence electrons. The Labute approximate surface area is 144 Å². The smallest absolute Gasteiger partial charge is 0.178 e. The molecule has 1 radical (unpaired) electrons. The summed E-state index contributed by atoms with van der Waals surface area (Å²) in [6.45, 7) is 2.28. The van der Waals surface area contributed by atoms with Gasteiger partial charge in [0.2, 0.25) is 0 Å². The molecule has 0 saturated heterocycles. The predicted octanol–water partition coefficient (Wildman–Crippen LogP) is 7.85. The maximum atomic E-state index is 11.0. The number of hydrogen-bond acceptors (Lipinski definition) is 0. The Morgan fingerprint density at radius 1 is 0.565 bits per heavy atom. The average molecular weight is 318 g/mol. The van der Waals surface area contributed by atoms with Gasteiger partial charge in [0.05, 0.1) is 0 Å². The topological polar surface area (TPSA) is 19.9 Å². The minimum absolute atomic E-state index is 0.120. The molecule has 0 fully saturated rings. The van der Waals surface area contributed by atoms with Crippen molar-refractivity contribution in [1.82, 2.24) is 0 Å². The Bertz CT molecular complexity index is 355. The van der Waals surface area contributed by atoms with E-state index in [1.807, 2.05) is 12.1 Å². The molecule has 0 bridgehead atoms. The molecule has 0 aliphatic carbocycles. The zero-order valence-corrected chi connectivity index (χ0v) is 15.3. The molecule has 0 amide bonds. The SMILES string of the molecule is CCCCCCCCCCCCCCCCc1ccc([O])cc1. The Kier molecular flexibility index (Phi) is 12.7. The Morgan fingerprint density at radius 2 is 0.957 bits per heavy atom. The minimum Gasteiger partial charge on any atom is -0.290 e. The summed E-state index contributed by atoms with van der Waals surface area (Å²) in [5, 5.41) is 11.0. The van der Waals surface area contributed by atoms with Crippen LogP contribution >= 0.6 is 0 Å². The first-order valence-corrected chi connectivity index (χ1v) is 10.1. The molecule has 1 rings (SSSR count). The lowest BCUT2D eigenvalue weighted by molar-refractivity contribution is 0.355. The Morgan fingerprint density at radius 3 is 1.39 bits per heavy atom. The average Bonchev–Trinajstić information content (AvgIpc) is 2.57. The van der Waals surface area contributed by atoms with Gasteiger partial charge in [0.1, 0.15) is 0 Å². The highest BCUT2D eigenvalue weighted by molar-refractivity contribution is 5.25. The van der Waals surface area contributed by atoms with Crippen LogP contribution in [0.3, 0.4) is 0 Å². The third-order valence-corrected chi connectivity index (χ3v) is 4.74. The van der Waals surface area contributed by atoms with Gasteiger partial charge >= 0.3 is 0 Å². The first kappa shape index (κ1) is 20.1. The maximum absolute atomic E-state index is 11.0. The van der Waals surface area contributed by atoms with Crippen molar-refractivity contribution in [3.05, 3.63) is 29.8 Å². The molecular formula is C22H37O. The monoisotopic (exact) mass is 317 g/mol. The predicted molar refractivity (Wildman–Crippen MR) is 101 cm³/mol. The van der Waals surface area contributed by atoms with Gasteiger partial charge in [-0.25, -0.2) is 0 Å². The molecule has 0 atom stereocenters. The lowest BCUT2D eigenvalue weighted by Crippen LogP contribution is -1.86. The van der Waals surface area contributed by atoms with E-state index in [-0.39, 0.29) is 5.75 Å². The lowest BCUT2D eigenvalue weighted by atomic mass is 10.0. The van der Waals surface area contributed by atoms with E-state index in [2.05, 4.69) is 6.92 Å². The Hall–Kier alpha value is -0.980. The van der Waals surface area contributed by atoms with Gasteiger partial charge in [-0.05, 0) is 30.5 Å². The molecule has 0 spiro atoms.